The first-order chi connectivity index (χ1) is 7.83. The summed E-state index contributed by atoms with van der Waals surface area (Å²) in [6.45, 7) is 3.89. The van der Waals surface area contributed by atoms with Crippen LogP contribution in [0.25, 0.3) is 0 Å². The van der Waals surface area contributed by atoms with Crippen LogP contribution in [0.2, 0.25) is 0 Å². The maximum Gasteiger partial charge on any atom is 0.276 e. The van der Waals surface area contributed by atoms with Crippen LogP contribution in [-0.4, -0.2) is 47.5 Å². The first kappa shape index (κ1) is 11.9. The molecule has 0 aromatic carbocycles. The lowest BCUT2D eigenvalue weighted by molar-refractivity contribution is 0.201. The Kier molecular flexibility index (Phi) is 4.20. The Morgan fingerprint density at radius 3 is 2.75 bits per heavy atom. The number of piperidine rings is 1. The molecule has 2 N–H and O–H groups in total. The molecule has 90 valence electrons. The molecule has 1 fully saturated rings. The highest BCUT2D eigenvalue weighted by Gasteiger charge is 2.24. The lowest BCUT2D eigenvalue weighted by Gasteiger charge is -2.29. The van der Waals surface area contributed by atoms with Crippen molar-refractivity contribution in [3.8, 4) is 0 Å². The number of rotatable bonds is 4. The third kappa shape index (κ3) is 2.75. The summed E-state index contributed by atoms with van der Waals surface area (Å²) in [6, 6.07) is 0. The van der Waals surface area contributed by atoms with Gasteiger partial charge in [-0.15, -0.1) is 10.2 Å². The van der Waals surface area contributed by atoms with Crippen LogP contribution < -0.4 is 5.73 Å². The predicted molar refractivity (Wildman–Crippen MR) is 63.5 cm³/mol. The van der Waals surface area contributed by atoms with Crippen LogP contribution in [-0.2, 0) is 0 Å². The van der Waals surface area contributed by atoms with E-state index >= 15 is 0 Å². The van der Waals surface area contributed by atoms with Gasteiger partial charge >= 0.3 is 0 Å². The van der Waals surface area contributed by atoms with Gasteiger partial charge in [0.15, 0.2) is 0 Å². The molecule has 1 aliphatic heterocycles. The Morgan fingerprint density at radius 1 is 1.44 bits per heavy atom. The van der Waals surface area contributed by atoms with Crippen LogP contribution >= 0.6 is 11.8 Å². The van der Waals surface area contributed by atoms with Crippen LogP contribution in [0, 0.1) is 0 Å². The minimum absolute atomic E-state index is 0.433. The molecule has 0 spiro atoms. The van der Waals surface area contributed by atoms with E-state index in [1.54, 1.807) is 0 Å². The standard InChI is InChI=1S/C10H18N4OS/c1-16-10-13-12-9(15-10)8-2-5-14(6-3-8)7-4-11/h8H,2-7,11H2,1H3. The molecule has 0 atom stereocenters. The zero-order valence-electron chi connectivity index (χ0n) is 9.56. The van der Waals surface area contributed by atoms with Gasteiger partial charge in [-0.2, -0.15) is 0 Å². The van der Waals surface area contributed by atoms with E-state index in [0.717, 1.165) is 44.9 Å². The Labute approximate surface area is 99.8 Å². The molecule has 0 radical (unpaired) electrons. The second-order valence-corrected chi connectivity index (χ2v) is 4.77. The number of hydrogen-bond acceptors (Lipinski definition) is 6. The fraction of sp³-hybridized carbons (Fsp3) is 0.800. The van der Waals surface area contributed by atoms with Gasteiger partial charge in [0, 0.05) is 19.0 Å². The van der Waals surface area contributed by atoms with E-state index in [0.29, 0.717) is 11.1 Å². The van der Waals surface area contributed by atoms with Gasteiger partial charge in [-0.05, 0) is 32.2 Å². The van der Waals surface area contributed by atoms with E-state index in [1.165, 1.54) is 11.8 Å². The number of nitrogens with two attached hydrogens (primary N) is 1. The van der Waals surface area contributed by atoms with Gasteiger partial charge in [-0.1, -0.05) is 11.8 Å². The zero-order valence-corrected chi connectivity index (χ0v) is 10.4. The predicted octanol–water partition coefficient (Wildman–Crippen LogP) is 0.930. The molecule has 6 heteroatoms. The molecule has 0 unspecified atom stereocenters. The summed E-state index contributed by atoms with van der Waals surface area (Å²) in [5.41, 5.74) is 5.54. The number of thioether (sulfide) groups is 1. The summed E-state index contributed by atoms with van der Waals surface area (Å²) in [5.74, 6) is 1.24. The zero-order chi connectivity index (χ0) is 11.4. The van der Waals surface area contributed by atoms with Crippen molar-refractivity contribution in [1.29, 1.82) is 0 Å². The molecule has 0 amide bonds. The molecule has 1 aromatic rings. The summed E-state index contributed by atoms with van der Waals surface area (Å²) in [6.07, 6.45) is 4.13. The van der Waals surface area contributed by atoms with Crippen LogP contribution in [0.5, 0.6) is 0 Å². The molecule has 0 aliphatic carbocycles. The molecule has 2 rings (SSSR count). The summed E-state index contributed by atoms with van der Waals surface area (Å²) < 4.78 is 5.57. The van der Waals surface area contributed by atoms with Crippen LogP contribution in [0.15, 0.2) is 9.64 Å². The highest BCUT2D eigenvalue weighted by molar-refractivity contribution is 7.98. The van der Waals surface area contributed by atoms with E-state index in [9.17, 15) is 0 Å². The maximum atomic E-state index is 5.57. The molecule has 16 heavy (non-hydrogen) atoms. The largest absolute Gasteiger partial charge is 0.416 e. The fourth-order valence-electron chi connectivity index (χ4n) is 2.05. The Morgan fingerprint density at radius 2 is 2.19 bits per heavy atom. The Balaban J connectivity index is 1.88. The van der Waals surface area contributed by atoms with Crippen LogP contribution in [0.4, 0.5) is 0 Å². The summed E-state index contributed by atoms with van der Waals surface area (Å²) in [7, 11) is 0. The Hall–Kier alpha value is -0.590. The lowest BCUT2D eigenvalue weighted by Crippen LogP contribution is -2.36. The number of aromatic nitrogens is 2. The van der Waals surface area contributed by atoms with Crippen molar-refractivity contribution in [2.24, 2.45) is 5.73 Å². The molecule has 1 aliphatic rings. The van der Waals surface area contributed by atoms with Crippen molar-refractivity contribution in [3.05, 3.63) is 5.89 Å². The van der Waals surface area contributed by atoms with Gasteiger partial charge in [0.2, 0.25) is 5.89 Å². The third-order valence-electron chi connectivity index (χ3n) is 2.98. The van der Waals surface area contributed by atoms with Crippen molar-refractivity contribution in [2.75, 3.05) is 32.4 Å². The number of likely N-dealkylation sites (tertiary alicyclic amines) is 1. The lowest BCUT2D eigenvalue weighted by atomic mass is 9.97. The molecule has 0 bridgehead atoms. The maximum absolute atomic E-state index is 5.57. The summed E-state index contributed by atoms with van der Waals surface area (Å²) in [5, 5.41) is 8.75. The molecule has 5 nitrogen and oxygen atoms in total. The first-order valence-electron chi connectivity index (χ1n) is 5.63. The molecule has 1 saturated heterocycles. The average Bonchev–Trinajstić information content (AvgIpc) is 2.79. The van der Waals surface area contributed by atoms with E-state index < -0.39 is 0 Å². The normalized spacial score (nSPS) is 19.1. The van der Waals surface area contributed by atoms with Crippen molar-refractivity contribution in [2.45, 2.75) is 24.0 Å². The third-order valence-corrected chi connectivity index (χ3v) is 3.49. The highest BCUT2D eigenvalue weighted by Crippen LogP contribution is 2.28. The smallest absolute Gasteiger partial charge is 0.276 e. The van der Waals surface area contributed by atoms with Crippen molar-refractivity contribution in [1.82, 2.24) is 15.1 Å². The number of nitrogens with zero attached hydrogens (tertiary/aromatic N) is 3. The van der Waals surface area contributed by atoms with E-state index in [1.807, 2.05) is 6.26 Å². The molecular formula is C10H18N4OS. The minimum Gasteiger partial charge on any atom is -0.416 e. The van der Waals surface area contributed by atoms with Crippen LogP contribution in [0.1, 0.15) is 24.7 Å². The number of hydrogen-bond donors (Lipinski definition) is 1. The molecular weight excluding hydrogens is 224 g/mol. The summed E-state index contributed by atoms with van der Waals surface area (Å²) in [4.78, 5) is 2.39. The first-order valence-corrected chi connectivity index (χ1v) is 6.85. The summed E-state index contributed by atoms with van der Waals surface area (Å²) >= 11 is 1.50. The second-order valence-electron chi connectivity index (χ2n) is 4.01. The highest BCUT2D eigenvalue weighted by atomic mass is 32.2. The van der Waals surface area contributed by atoms with Crippen molar-refractivity contribution in [3.63, 3.8) is 0 Å². The quantitative estimate of drug-likeness (QED) is 0.792. The second kappa shape index (κ2) is 5.65. The monoisotopic (exact) mass is 242 g/mol. The van der Waals surface area contributed by atoms with Crippen molar-refractivity contribution >= 4 is 11.8 Å². The van der Waals surface area contributed by atoms with Gasteiger partial charge in [0.05, 0.1) is 0 Å². The average molecular weight is 242 g/mol. The minimum atomic E-state index is 0.433. The SMILES string of the molecule is CSc1nnc(C2CCN(CCN)CC2)o1. The van der Waals surface area contributed by atoms with E-state index in [2.05, 4.69) is 15.1 Å². The topological polar surface area (TPSA) is 68.2 Å². The Bertz CT molecular complexity index is 322. The fourth-order valence-corrected chi connectivity index (χ4v) is 2.35. The van der Waals surface area contributed by atoms with Crippen LogP contribution in [0.3, 0.4) is 0 Å². The van der Waals surface area contributed by atoms with E-state index in [-0.39, 0.29) is 0 Å². The van der Waals surface area contributed by atoms with Gasteiger partial charge in [0.25, 0.3) is 5.22 Å². The van der Waals surface area contributed by atoms with Gasteiger partial charge in [-0.3, -0.25) is 0 Å². The van der Waals surface area contributed by atoms with Crippen molar-refractivity contribution < 1.29 is 4.42 Å². The molecule has 2 heterocycles. The van der Waals surface area contributed by atoms with Gasteiger partial charge in [-0.25, -0.2) is 0 Å². The molecule has 0 saturated carbocycles. The molecule has 1 aromatic heterocycles. The van der Waals surface area contributed by atoms with E-state index in [4.69, 9.17) is 10.2 Å². The van der Waals surface area contributed by atoms with Gasteiger partial charge in [0.1, 0.15) is 0 Å². The van der Waals surface area contributed by atoms with Gasteiger partial charge < -0.3 is 15.1 Å².